The zero-order valence-electron chi connectivity index (χ0n) is 11.6. The van der Waals surface area contributed by atoms with Crippen LogP contribution in [0, 0.1) is 6.92 Å². The first-order valence-electron chi connectivity index (χ1n) is 6.61. The summed E-state index contributed by atoms with van der Waals surface area (Å²) in [7, 11) is 0. The Bertz CT molecular complexity index is 580. The maximum atomic E-state index is 12.2. The number of carbonyl (C=O) groups is 1. The maximum Gasteiger partial charge on any atom is 0.167 e. The second-order valence-corrected chi connectivity index (χ2v) is 4.71. The molecule has 102 valence electrons. The molecule has 2 aromatic rings. The first kappa shape index (κ1) is 14.1. The lowest BCUT2D eigenvalue weighted by Gasteiger charge is -2.05. The Morgan fingerprint density at radius 1 is 1.10 bits per heavy atom. The fourth-order valence-electron chi connectivity index (χ4n) is 1.89. The number of Topliss-reactive ketones (excluding diaryl/α,β-unsaturated/α-hetero) is 1. The van der Waals surface area contributed by atoms with E-state index in [1.165, 1.54) is 5.56 Å². The molecule has 0 amide bonds. The molecule has 2 heteroatoms. The molecular formula is C18H18O2. The molecule has 0 atom stereocenters. The van der Waals surface area contributed by atoms with Gasteiger partial charge in [-0.15, -0.1) is 0 Å². The van der Waals surface area contributed by atoms with Gasteiger partial charge < -0.3 is 4.74 Å². The predicted octanol–water partition coefficient (Wildman–Crippen LogP) is 3.99. The largest absolute Gasteiger partial charge is 0.490 e. The normalized spacial score (nSPS) is 10.1. The SMILES string of the molecule is C=CCOc1ccc(C(=O)Cc2ccc(C)cc2)cc1. The van der Waals surface area contributed by atoms with Crippen LogP contribution >= 0.6 is 0 Å². The number of benzene rings is 2. The fraction of sp³-hybridized carbons (Fsp3) is 0.167. The molecule has 0 heterocycles. The molecule has 0 aliphatic carbocycles. The quantitative estimate of drug-likeness (QED) is 0.584. The van der Waals surface area contributed by atoms with Crippen molar-refractivity contribution in [2.24, 2.45) is 0 Å². The van der Waals surface area contributed by atoms with Gasteiger partial charge in [0.25, 0.3) is 0 Å². The van der Waals surface area contributed by atoms with E-state index in [0.29, 0.717) is 18.6 Å². The summed E-state index contributed by atoms with van der Waals surface area (Å²) < 4.78 is 5.39. The first-order valence-corrected chi connectivity index (χ1v) is 6.61. The summed E-state index contributed by atoms with van der Waals surface area (Å²) in [5.41, 5.74) is 2.94. The van der Waals surface area contributed by atoms with E-state index < -0.39 is 0 Å². The number of rotatable bonds is 6. The summed E-state index contributed by atoms with van der Waals surface area (Å²) in [5, 5.41) is 0. The van der Waals surface area contributed by atoms with Crippen LogP contribution in [0.25, 0.3) is 0 Å². The van der Waals surface area contributed by atoms with Crippen molar-refractivity contribution in [1.29, 1.82) is 0 Å². The van der Waals surface area contributed by atoms with Crippen LogP contribution in [0.5, 0.6) is 5.75 Å². The number of ketones is 1. The molecule has 0 radical (unpaired) electrons. The molecule has 2 rings (SSSR count). The van der Waals surface area contributed by atoms with Gasteiger partial charge >= 0.3 is 0 Å². The maximum absolute atomic E-state index is 12.2. The lowest BCUT2D eigenvalue weighted by molar-refractivity contribution is 0.0993. The Morgan fingerprint density at radius 3 is 2.35 bits per heavy atom. The molecule has 0 unspecified atom stereocenters. The zero-order chi connectivity index (χ0) is 14.4. The van der Waals surface area contributed by atoms with Gasteiger partial charge in [-0.3, -0.25) is 4.79 Å². The standard InChI is InChI=1S/C18H18O2/c1-3-12-20-17-10-8-16(9-11-17)18(19)13-15-6-4-14(2)5-7-15/h3-11H,1,12-13H2,2H3. The van der Waals surface area contributed by atoms with Crippen LogP contribution in [0.3, 0.4) is 0 Å². The highest BCUT2D eigenvalue weighted by atomic mass is 16.5. The number of ether oxygens (including phenoxy) is 1. The number of carbonyl (C=O) groups excluding carboxylic acids is 1. The van der Waals surface area contributed by atoms with E-state index in [0.717, 1.165) is 11.3 Å². The monoisotopic (exact) mass is 266 g/mol. The molecule has 20 heavy (non-hydrogen) atoms. The van der Waals surface area contributed by atoms with Gasteiger partial charge in [0.05, 0.1) is 0 Å². The molecule has 0 saturated heterocycles. The Balaban J connectivity index is 2.01. The van der Waals surface area contributed by atoms with Gasteiger partial charge in [0.15, 0.2) is 5.78 Å². The van der Waals surface area contributed by atoms with Crippen LogP contribution in [0.2, 0.25) is 0 Å². The van der Waals surface area contributed by atoms with E-state index in [9.17, 15) is 4.79 Å². The summed E-state index contributed by atoms with van der Waals surface area (Å²) in [4.78, 5) is 12.2. The fourth-order valence-corrected chi connectivity index (χ4v) is 1.89. The average Bonchev–Trinajstić information content (AvgIpc) is 2.48. The summed E-state index contributed by atoms with van der Waals surface area (Å²) in [6.45, 7) is 6.10. The van der Waals surface area contributed by atoms with E-state index in [1.54, 1.807) is 18.2 Å². The topological polar surface area (TPSA) is 26.3 Å². The van der Waals surface area contributed by atoms with Gasteiger partial charge in [0.2, 0.25) is 0 Å². The van der Waals surface area contributed by atoms with Crippen molar-refractivity contribution < 1.29 is 9.53 Å². The van der Waals surface area contributed by atoms with Gasteiger partial charge in [-0.25, -0.2) is 0 Å². The molecule has 0 aromatic heterocycles. The molecule has 2 aromatic carbocycles. The lowest BCUT2D eigenvalue weighted by Crippen LogP contribution is -2.03. The van der Waals surface area contributed by atoms with Crippen molar-refractivity contribution in [1.82, 2.24) is 0 Å². The Kier molecular flexibility index (Phi) is 4.72. The second kappa shape index (κ2) is 6.71. The van der Waals surface area contributed by atoms with Crippen molar-refractivity contribution in [3.8, 4) is 5.75 Å². The van der Waals surface area contributed by atoms with Crippen LogP contribution in [0.4, 0.5) is 0 Å². The van der Waals surface area contributed by atoms with Crippen LogP contribution < -0.4 is 4.74 Å². The smallest absolute Gasteiger partial charge is 0.167 e. The third kappa shape index (κ3) is 3.82. The van der Waals surface area contributed by atoms with Crippen molar-refractivity contribution in [2.75, 3.05) is 6.61 Å². The van der Waals surface area contributed by atoms with E-state index in [-0.39, 0.29) is 5.78 Å². The Hall–Kier alpha value is -2.35. The van der Waals surface area contributed by atoms with Crippen molar-refractivity contribution in [3.05, 3.63) is 77.9 Å². The molecule has 0 fully saturated rings. The van der Waals surface area contributed by atoms with Gasteiger partial charge in [0, 0.05) is 12.0 Å². The van der Waals surface area contributed by atoms with Crippen molar-refractivity contribution in [3.63, 3.8) is 0 Å². The summed E-state index contributed by atoms with van der Waals surface area (Å²) in [5.74, 6) is 0.862. The predicted molar refractivity (Wildman–Crippen MR) is 81.3 cm³/mol. The summed E-state index contributed by atoms with van der Waals surface area (Å²) in [6, 6.07) is 15.3. The highest BCUT2D eigenvalue weighted by molar-refractivity contribution is 5.97. The van der Waals surface area contributed by atoms with Gasteiger partial charge in [-0.1, -0.05) is 42.5 Å². The average molecular weight is 266 g/mol. The Morgan fingerprint density at radius 2 is 1.75 bits per heavy atom. The van der Waals surface area contributed by atoms with Crippen LogP contribution in [0.15, 0.2) is 61.2 Å². The molecule has 0 N–H and O–H groups in total. The summed E-state index contributed by atoms with van der Waals surface area (Å²) in [6.07, 6.45) is 2.11. The van der Waals surface area contributed by atoms with E-state index in [1.807, 2.05) is 43.3 Å². The van der Waals surface area contributed by atoms with Crippen molar-refractivity contribution in [2.45, 2.75) is 13.3 Å². The zero-order valence-corrected chi connectivity index (χ0v) is 11.6. The minimum atomic E-state index is 0.115. The van der Waals surface area contributed by atoms with E-state index >= 15 is 0 Å². The van der Waals surface area contributed by atoms with Crippen LogP contribution in [-0.4, -0.2) is 12.4 Å². The first-order chi connectivity index (χ1) is 9.69. The highest BCUT2D eigenvalue weighted by Crippen LogP contribution is 2.14. The van der Waals surface area contributed by atoms with Gasteiger partial charge in [-0.05, 0) is 36.8 Å². The molecule has 0 aliphatic rings. The van der Waals surface area contributed by atoms with E-state index in [4.69, 9.17) is 4.74 Å². The third-order valence-corrected chi connectivity index (χ3v) is 3.03. The Labute approximate surface area is 119 Å². The van der Waals surface area contributed by atoms with Crippen LogP contribution in [-0.2, 0) is 6.42 Å². The van der Waals surface area contributed by atoms with E-state index in [2.05, 4.69) is 6.58 Å². The molecule has 2 nitrogen and oxygen atoms in total. The number of hydrogen-bond acceptors (Lipinski definition) is 2. The van der Waals surface area contributed by atoms with Crippen molar-refractivity contribution >= 4 is 5.78 Å². The molecule has 0 aliphatic heterocycles. The molecule has 0 spiro atoms. The number of hydrogen-bond donors (Lipinski definition) is 0. The van der Waals surface area contributed by atoms with Gasteiger partial charge in [-0.2, -0.15) is 0 Å². The minimum absolute atomic E-state index is 0.115. The molecule has 0 saturated carbocycles. The molecule has 0 bridgehead atoms. The third-order valence-electron chi connectivity index (χ3n) is 3.03. The highest BCUT2D eigenvalue weighted by Gasteiger charge is 2.07. The summed E-state index contributed by atoms with van der Waals surface area (Å²) >= 11 is 0. The number of aryl methyl sites for hydroxylation is 1. The lowest BCUT2D eigenvalue weighted by atomic mass is 10.0. The minimum Gasteiger partial charge on any atom is -0.490 e. The van der Waals surface area contributed by atoms with Crippen LogP contribution in [0.1, 0.15) is 21.5 Å². The molecular weight excluding hydrogens is 248 g/mol. The second-order valence-electron chi connectivity index (χ2n) is 4.71. The van der Waals surface area contributed by atoms with Gasteiger partial charge in [0.1, 0.15) is 12.4 Å².